The van der Waals surface area contributed by atoms with Crippen molar-refractivity contribution in [3.63, 3.8) is 0 Å². The highest BCUT2D eigenvalue weighted by atomic mass is 32.2. The van der Waals surface area contributed by atoms with Crippen LogP contribution in [0.25, 0.3) is 0 Å². The molecule has 1 spiro atoms. The molecule has 2 heterocycles. The Bertz CT molecular complexity index is 1090. The van der Waals surface area contributed by atoms with Crippen molar-refractivity contribution < 1.29 is 19.1 Å². The fraction of sp³-hybridized carbons (Fsp3) is 0.227. The first-order valence-corrected chi connectivity index (χ1v) is 11.1. The largest absolute Gasteiger partial charge is 0.497 e. The molecule has 7 nitrogen and oxygen atoms in total. The molecule has 0 fully saturated rings. The number of carbonyl (C=O) groups excluding carboxylic acids is 2. The second-order valence-electron chi connectivity index (χ2n) is 6.80. The van der Waals surface area contributed by atoms with E-state index in [2.05, 4.69) is 5.10 Å². The normalized spacial score (nSPS) is 20.3. The predicted octanol–water partition coefficient (Wildman–Crippen LogP) is 4.42. The van der Waals surface area contributed by atoms with E-state index in [4.69, 9.17) is 9.47 Å². The molecule has 9 heteroatoms. The SMILES string of the molecule is COC(=O)C1=NN(c2ccc(OC)cc2)[C@]2(S1)SC(C(C)=O)=C(C)N2c1ccccc1. The summed E-state index contributed by atoms with van der Waals surface area (Å²) >= 11 is 2.63. The van der Waals surface area contributed by atoms with Crippen molar-refractivity contribution in [1.29, 1.82) is 0 Å². The van der Waals surface area contributed by atoms with Gasteiger partial charge in [0.1, 0.15) is 5.75 Å². The fourth-order valence-electron chi connectivity index (χ4n) is 3.49. The maximum absolute atomic E-state index is 12.5. The first kappa shape index (κ1) is 21.3. The third-order valence-electron chi connectivity index (χ3n) is 4.88. The summed E-state index contributed by atoms with van der Waals surface area (Å²) in [5.41, 5.74) is 2.44. The highest BCUT2D eigenvalue weighted by Crippen LogP contribution is 2.60. The molecule has 0 radical (unpaired) electrons. The number of thioether (sulfide) groups is 2. The number of carbonyl (C=O) groups is 2. The van der Waals surface area contributed by atoms with Crippen molar-refractivity contribution in [2.24, 2.45) is 5.10 Å². The molecule has 0 saturated carbocycles. The summed E-state index contributed by atoms with van der Waals surface area (Å²) in [5.74, 6) is 0.143. The zero-order chi connectivity index (χ0) is 22.2. The van der Waals surface area contributed by atoms with Gasteiger partial charge in [-0.3, -0.25) is 4.79 Å². The van der Waals surface area contributed by atoms with Gasteiger partial charge in [0, 0.05) is 11.4 Å². The molecule has 2 aliphatic rings. The molecule has 2 aliphatic heterocycles. The molecule has 0 aromatic heterocycles. The van der Waals surface area contributed by atoms with E-state index in [0.29, 0.717) is 10.7 Å². The summed E-state index contributed by atoms with van der Waals surface area (Å²) in [6.45, 7) is 3.46. The van der Waals surface area contributed by atoms with E-state index in [9.17, 15) is 9.59 Å². The van der Waals surface area contributed by atoms with Crippen LogP contribution in [0.1, 0.15) is 13.8 Å². The van der Waals surface area contributed by atoms with Crippen molar-refractivity contribution in [2.45, 2.75) is 18.2 Å². The van der Waals surface area contributed by atoms with Gasteiger partial charge < -0.3 is 14.4 Å². The van der Waals surface area contributed by atoms with E-state index in [1.54, 1.807) is 19.0 Å². The number of ketones is 1. The molecule has 4 rings (SSSR count). The molecule has 0 bridgehead atoms. The Hall–Kier alpha value is -2.91. The predicted molar refractivity (Wildman–Crippen MR) is 125 cm³/mol. The quantitative estimate of drug-likeness (QED) is 0.614. The average molecular weight is 456 g/mol. The first-order valence-electron chi connectivity index (χ1n) is 9.47. The Kier molecular flexibility index (Phi) is 5.72. The van der Waals surface area contributed by atoms with Gasteiger partial charge in [-0.1, -0.05) is 30.0 Å². The summed E-state index contributed by atoms with van der Waals surface area (Å²) in [5, 5.41) is 6.60. The summed E-state index contributed by atoms with van der Waals surface area (Å²) in [6.07, 6.45) is 0. The number of esters is 1. The summed E-state index contributed by atoms with van der Waals surface area (Å²) in [7, 11) is 2.93. The number of rotatable bonds is 5. The molecule has 0 aliphatic carbocycles. The second kappa shape index (κ2) is 8.32. The molecular weight excluding hydrogens is 434 g/mol. The molecular formula is C22H21N3O4S2. The zero-order valence-electron chi connectivity index (χ0n) is 17.5. The lowest BCUT2D eigenvalue weighted by Crippen LogP contribution is -2.49. The van der Waals surface area contributed by atoms with E-state index < -0.39 is 10.3 Å². The van der Waals surface area contributed by atoms with Crippen molar-refractivity contribution in [3.05, 3.63) is 65.2 Å². The molecule has 2 aromatic rings. The van der Waals surface area contributed by atoms with E-state index in [1.165, 1.54) is 30.6 Å². The van der Waals surface area contributed by atoms with Gasteiger partial charge in [-0.15, -0.1) is 0 Å². The van der Waals surface area contributed by atoms with Crippen molar-refractivity contribution in [2.75, 3.05) is 24.1 Å². The van der Waals surface area contributed by atoms with E-state index in [0.717, 1.165) is 17.1 Å². The number of benzene rings is 2. The Morgan fingerprint density at radius 2 is 1.65 bits per heavy atom. The maximum atomic E-state index is 12.5. The van der Waals surface area contributed by atoms with Crippen LogP contribution >= 0.6 is 23.5 Å². The molecule has 160 valence electrons. The lowest BCUT2D eigenvalue weighted by molar-refractivity contribution is -0.132. The third kappa shape index (κ3) is 3.57. The van der Waals surface area contributed by atoms with Crippen LogP contribution in [0.2, 0.25) is 0 Å². The number of nitrogens with zero attached hydrogens (tertiary/aromatic N) is 3. The Morgan fingerprint density at radius 3 is 2.23 bits per heavy atom. The van der Waals surface area contributed by atoms with Crippen LogP contribution in [0.15, 0.2) is 70.3 Å². The Labute approximate surface area is 189 Å². The van der Waals surface area contributed by atoms with E-state index in [-0.39, 0.29) is 10.8 Å². The van der Waals surface area contributed by atoms with Crippen LogP contribution < -0.4 is 14.6 Å². The zero-order valence-corrected chi connectivity index (χ0v) is 19.1. The highest BCUT2D eigenvalue weighted by Gasteiger charge is 2.57. The van der Waals surface area contributed by atoms with Gasteiger partial charge in [-0.25, -0.2) is 9.80 Å². The summed E-state index contributed by atoms with van der Waals surface area (Å²) in [4.78, 5) is 27.6. The van der Waals surface area contributed by atoms with Crippen LogP contribution in [0.5, 0.6) is 5.75 Å². The van der Waals surface area contributed by atoms with Crippen molar-refractivity contribution >= 4 is 51.7 Å². The van der Waals surface area contributed by atoms with Gasteiger partial charge in [0.05, 0.1) is 24.8 Å². The third-order valence-corrected chi connectivity index (χ3v) is 7.85. The van der Waals surface area contributed by atoms with E-state index in [1.807, 2.05) is 66.4 Å². The molecule has 1 atom stereocenters. The minimum absolute atomic E-state index is 0.0397. The lowest BCUT2D eigenvalue weighted by atomic mass is 10.2. The average Bonchev–Trinajstić information content (AvgIpc) is 3.31. The minimum atomic E-state index is -0.940. The van der Waals surface area contributed by atoms with Crippen LogP contribution in [-0.2, 0) is 14.3 Å². The number of methoxy groups -OCH3 is 2. The van der Waals surface area contributed by atoms with Gasteiger partial charge in [-0.2, -0.15) is 5.10 Å². The maximum Gasteiger partial charge on any atom is 0.365 e. The number of anilines is 2. The van der Waals surface area contributed by atoms with Gasteiger partial charge in [0.15, 0.2) is 5.78 Å². The number of hydrogen-bond acceptors (Lipinski definition) is 9. The van der Waals surface area contributed by atoms with Crippen LogP contribution in [0.3, 0.4) is 0 Å². The number of Topliss-reactive ketones (excluding diaryl/α,β-unsaturated/α-hetero) is 1. The molecule has 0 unspecified atom stereocenters. The second-order valence-corrected chi connectivity index (χ2v) is 9.40. The van der Waals surface area contributed by atoms with Crippen molar-refractivity contribution in [3.8, 4) is 5.75 Å². The minimum Gasteiger partial charge on any atom is -0.497 e. The smallest absolute Gasteiger partial charge is 0.365 e. The van der Waals surface area contributed by atoms with Gasteiger partial charge in [0.2, 0.25) is 9.37 Å². The molecule has 2 aromatic carbocycles. The summed E-state index contributed by atoms with van der Waals surface area (Å²) < 4.78 is 9.29. The summed E-state index contributed by atoms with van der Waals surface area (Å²) in [6, 6.07) is 17.2. The van der Waals surface area contributed by atoms with Crippen molar-refractivity contribution in [1.82, 2.24) is 0 Å². The van der Waals surface area contributed by atoms with Crippen LogP contribution in [-0.4, -0.2) is 35.3 Å². The van der Waals surface area contributed by atoms with Gasteiger partial charge in [-0.05, 0) is 62.0 Å². The highest BCUT2D eigenvalue weighted by molar-refractivity contribution is 8.29. The Morgan fingerprint density at radius 1 is 0.968 bits per heavy atom. The standard InChI is InChI=1S/C22H21N3O4S2/c1-14-19(15(2)26)30-22(24(14)16-8-6-5-7-9-16)25(23-20(31-22)21(27)29-4)17-10-12-18(28-3)13-11-17/h5-13H,1-4H3/t22-/m0/s1. The number of ether oxygens (including phenoxy) is 2. The fourth-order valence-corrected chi connectivity index (χ4v) is 6.46. The molecule has 0 N–H and O–H groups in total. The van der Waals surface area contributed by atoms with Crippen LogP contribution in [0.4, 0.5) is 11.4 Å². The van der Waals surface area contributed by atoms with Crippen LogP contribution in [0, 0.1) is 0 Å². The molecule has 31 heavy (non-hydrogen) atoms. The number of para-hydroxylation sites is 1. The number of hydrazone groups is 1. The number of hydrogen-bond donors (Lipinski definition) is 0. The first-order chi connectivity index (χ1) is 14.9. The number of allylic oxidation sites excluding steroid dienone is 2. The molecule has 0 amide bonds. The topological polar surface area (TPSA) is 71.4 Å². The monoisotopic (exact) mass is 455 g/mol. The Balaban J connectivity index is 1.89. The lowest BCUT2D eigenvalue weighted by Gasteiger charge is -2.41. The van der Waals surface area contributed by atoms with Gasteiger partial charge >= 0.3 is 5.97 Å². The van der Waals surface area contributed by atoms with Gasteiger partial charge in [0.25, 0.3) is 0 Å². The van der Waals surface area contributed by atoms with E-state index >= 15 is 0 Å². The molecule has 0 saturated heterocycles.